The summed E-state index contributed by atoms with van der Waals surface area (Å²) in [6.07, 6.45) is 1.86. The third kappa shape index (κ3) is 1.70. The third-order valence-electron chi connectivity index (χ3n) is 1.95. The van der Waals surface area contributed by atoms with Gasteiger partial charge in [0.05, 0.1) is 0 Å². The molecule has 2 rings (SSSR count). The lowest BCUT2D eigenvalue weighted by Crippen LogP contribution is -1.90. The maximum Gasteiger partial charge on any atom is 0.141 e. The van der Waals surface area contributed by atoms with Gasteiger partial charge in [0, 0.05) is 18.8 Å². The van der Waals surface area contributed by atoms with Crippen molar-refractivity contribution < 1.29 is 4.39 Å². The summed E-state index contributed by atoms with van der Waals surface area (Å²) in [4.78, 5) is 4.27. The van der Waals surface area contributed by atoms with Gasteiger partial charge in [0.15, 0.2) is 0 Å². The van der Waals surface area contributed by atoms with E-state index in [0.717, 1.165) is 16.0 Å². The molecule has 0 saturated heterocycles. The third-order valence-corrected chi connectivity index (χ3v) is 2.33. The minimum absolute atomic E-state index is 0.234. The summed E-state index contributed by atoms with van der Waals surface area (Å²) in [6, 6.07) is 6.28. The van der Waals surface area contributed by atoms with Crippen LogP contribution in [-0.4, -0.2) is 9.55 Å². The number of benzene rings is 1. The number of hydrogen-bond donors (Lipinski definition) is 0. The van der Waals surface area contributed by atoms with Gasteiger partial charge in [0.25, 0.3) is 0 Å². The minimum Gasteiger partial charge on any atom is -0.333 e. The fourth-order valence-electron chi connectivity index (χ4n) is 1.30. The van der Waals surface area contributed by atoms with Crippen LogP contribution >= 0.6 is 15.9 Å². The lowest BCUT2D eigenvalue weighted by atomic mass is 10.2. The van der Waals surface area contributed by atoms with Crippen LogP contribution in [0.25, 0.3) is 11.4 Å². The van der Waals surface area contributed by atoms with Gasteiger partial charge in [0.1, 0.15) is 16.2 Å². The van der Waals surface area contributed by atoms with E-state index in [1.807, 2.05) is 17.8 Å². The first-order chi connectivity index (χ1) is 6.66. The van der Waals surface area contributed by atoms with Gasteiger partial charge in [-0.05, 0) is 40.2 Å². The summed E-state index contributed by atoms with van der Waals surface area (Å²) in [5, 5.41) is 0. The van der Waals surface area contributed by atoms with E-state index in [9.17, 15) is 4.39 Å². The van der Waals surface area contributed by atoms with Crippen molar-refractivity contribution in [2.24, 2.45) is 7.05 Å². The Balaban J connectivity index is 2.49. The van der Waals surface area contributed by atoms with Gasteiger partial charge in [0.2, 0.25) is 0 Å². The molecule has 0 radical (unpaired) electrons. The second-order valence-electron chi connectivity index (χ2n) is 3.01. The molecule has 0 N–H and O–H groups in total. The molecule has 1 aromatic carbocycles. The summed E-state index contributed by atoms with van der Waals surface area (Å²) >= 11 is 3.29. The zero-order valence-corrected chi connectivity index (χ0v) is 9.12. The van der Waals surface area contributed by atoms with Crippen molar-refractivity contribution in [1.82, 2.24) is 9.55 Å². The Morgan fingerprint density at radius 1 is 1.29 bits per heavy atom. The molecule has 0 aliphatic carbocycles. The van der Waals surface area contributed by atoms with E-state index >= 15 is 0 Å². The van der Waals surface area contributed by atoms with Crippen LogP contribution in [0.1, 0.15) is 0 Å². The largest absolute Gasteiger partial charge is 0.333 e. The van der Waals surface area contributed by atoms with Crippen molar-refractivity contribution >= 4 is 15.9 Å². The number of halogens is 2. The van der Waals surface area contributed by atoms with Gasteiger partial charge >= 0.3 is 0 Å². The van der Waals surface area contributed by atoms with E-state index in [-0.39, 0.29) is 5.82 Å². The van der Waals surface area contributed by atoms with Gasteiger partial charge in [-0.15, -0.1) is 0 Å². The summed E-state index contributed by atoms with van der Waals surface area (Å²) in [5.74, 6) is 0.582. The highest BCUT2D eigenvalue weighted by Crippen LogP contribution is 2.20. The van der Waals surface area contributed by atoms with E-state index < -0.39 is 0 Å². The molecule has 2 nitrogen and oxygen atoms in total. The second-order valence-corrected chi connectivity index (χ2v) is 3.82. The van der Waals surface area contributed by atoms with E-state index in [2.05, 4.69) is 20.9 Å². The molecule has 0 aliphatic rings. The molecular formula is C10H8BrFN2. The van der Waals surface area contributed by atoms with E-state index in [1.165, 1.54) is 12.1 Å². The number of aryl methyl sites for hydroxylation is 1. The molecule has 0 saturated carbocycles. The standard InChI is InChI=1S/C10H8BrFN2/c1-14-6-9(11)13-10(14)7-2-4-8(12)5-3-7/h2-6H,1H3. The SMILES string of the molecule is Cn1cc(Br)nc1-c1ccc(F)cc1. The fourth-order valence-corrected chi connectivity index (χ4v) is 1.77. The molecule has 2 aromatic rings. The monoisotopic (exact) mass is 254 g/mol. The molecule has 14 heavy (non-hydrogen) atoms. The predicted molar refractivity (Wildman–Crippen MR) is 56.3 cm³/mol. The van der Waals surface area contributed by atoms with Crippen molar-refractivity contribution in [2.45, 2.75) is 0 Å². The molecule has 0 unspecified atom stereocenters. The first-order valence-electron chi connectivity index (χ1n) is 4.11. The molecule has 72 valence electrons. The van der Waals surface area contributed by atoms with Crippen LogP contribution in [0.2, 0.25) is 0 Å². The summed E-state index contributed by atoms with van der Waals surface area (Å²) in [5.41, 5.74) is 0.902. The maximum atomic E-state index is 12.7. The first kappa shape index (κ1) is 9.40. The molecule has 0 bridgehead atoms. The van der Waals surface area contributed by atoms with Crippen LogP contribution in [0, 0.1) is 5.82 Å². The lowest BCUT2D eigenvalue weighted by molar-refractivity contribution is 0.628. The normalized spacial score (nSPS) is 10.5. The van der Waals surface area contributed by atoms with Crippen LogP contribution in [-0.2, 0) is 7.05 Å². The Morgan fingerprint density at radius 2 is 1.93 bits per heavy atom. The van der Waals surface area contributed by atoms with E-state index in [4.69, 9.17) is 0 Å². The Bertz CT molecular complexity index is 448. The van der Waals surface area contributed by atoms with Crippen LogP contribution in [0.3, 0.4) is 0 Å². The molecule has 1 aromatic heterocycles. The van der Waals surface area contributed by atoms with Crippen LogP contribution < -0.4 is 0 Å². The second kappa shape index (κ2) is 3.53. The summed E-state index contributed by atoms with van der Waals surface area (Å²) in [6.45, 7) is 0. The van der Waals surface area contributed by atoms with Crippen LogP contribution in [0.4, 0.5) is 4.39 Å². The van der Waals surface area contributed by atoms with Crippen LogP contribution in [0.5, 0.6) is 0 Å². The van der Waals surface area contributed by atoms with Crippen molar-refractivity contribution in [3.63, 3.8) is 0 Å². The number of nitrogens with zero attached hydrogens (tertiary/aromatic N) is 2. The van der Waals surface area contributed by atoms with Gasteiger partial charge in [-0.1, -0.05) is 0 Å². The zero-order valence-electron chi connectivity index (χ0n) is 7.54. The number of aromatic nitrogens is 2. The van der Waals surface area contributed by atoms with Crippen molar-refractivity contribution in [1.29, 1.82) is 0 Å². The topological polar surface area (TPSA) is 17.8 Å². The molecule has 4 heteroatoms. The highest BCUT2D eigenvalue weighted by atomic mass is 79.9. The Labute approximate surface area is 89.5 Å². The molecule has 1 heterocycles. The van der Waals surface area contributed by atoms with E-state index in [0.29, 0.717) is 0 Å². The van der Waals surface area contributed by atoms with Gasteiger partial charge in [-0.25, -0.2) is 9.37 Å². The van der Waals surface area contributed by atoms with Gasteiger partial charge in [-0.3, -0.25) is 0 Å². The molecule has 0 spiro atoms. The zero-order chi connectivity index (χ0) is 10.1. The first-order valence-corrected chi connectivity index (χ1v) is 4.91. The van der Waals surface area contributed by atoms with Gasteiger partial charge in [-0.2, -0.15) is 0 Å². The Morgan fingerprint density at radius 3 is 2.43 bits per heavy atom. The van der Waals surface area contributed by atoms with Crippen molar-refractivity contribution in [2.75, 3.05) is 0 Å². The minimum atomic E-state index is -0.234. The Kier molecular flexibility index (Phi) is 2.37. The Hall–Kier alpha value is -1.16. The van der Waals surface area contributed by atoms with Crippen molar-refractivity contribution in [3.8, 4) is 11.4 Å². The number of imidazole rings is 1. The van der Waals surface area contributed by atoms with E-state index in [1.54, 1.807) is 12.1 Å². The van der Waals surface area contributed by atoms with Crippen LogP contribution in [0.15, 0.2) is 35.1 Å². The van der Waals surface area contributed by atoms with Crippen molar-refractivity contribution in [3.05, 3.63) is 40.9 Å². The highest BCUT2D eigenvalue weighted by Gasteiger charge is 2.05. The maximum absolute atomic E-state index is 12.7. The predicted octanol–water partition coefficient (Wildman–Crippen LogP) is 2.99. The number of rotatable bonds is 1. The quantitative estimate of drug-likeness (QED) is 0.765. The highest BCUT2D eigenvalue weighted by molar-refractivity contribution is 9.10. The smallest absolute Gasteiger partial charge is 0.141 e. The molecular weight excluding hydrogens is 247 g/mol. The molecule has 0 amide bonds. The summed E-state index contributed by atoms with van der Waals surface area (Å²) in [7, 11) is 1.90. The lowest BCUT2D eigenvalue weighted by Gasteiger charge is -2.00. The summed E-state index contributed by atoms with van der Waals surface area (Å²) < 4.78 is 15.3. The number of hydrogen-bond acceptors (Lipinski definition) is 1. The average Bonchev–Trinajstić information content (AvgIpc) is 2.47. The van der Waals surface area contributed by atoms with Gasteiger partial charge < -0.3 is 4.57 Å². The molecule has 0 aliphatic heterocycles. The average molecular weight is 255 g/mol. The molecule has 0 fully saturated rings. The molecule has 0 atom stereocenters. The fraction of sp³-hybridized carbons (Fsp3) is 0.100.